The van der Waals surface area contributed by atoms with Gasteiger partial charge >= 0.3 is 11.8 Å². The smallest absolute Gasteiger partial charge is 0.307 e. The zero-order valence-corrected chi connectivity index (χ0v) is 38.5. The second-order valence-electron chi connectivity index (χ2n) is 18.3. The van der Waals surface area contributed by atoms with Crippen LogP contribution >= 0.6 is 0 Å². The number of aliphatic hydroxyl groups is 2. The number of phenolic OH excluding ortho intramolecular Hbond substituents is 1. The van der Waals surface area contributed by atoms with Gasteiger partial charge in [-0.1, -0.05) is 39.0 Å². The number of rotatable bonds is 5. The number of hydrogen-bond donors (Lipinski definition) is 4. The summed E-state index contributed by atoms with van der Waals surface area (Å²) in [7, 11) is 3.52. The van der Waals surface area contributed by atoms with Crippen molar-refractivity contribution >= 4 is 56.3 Å². The molecule has 9 atom stereocenters. The van der Waals surface area contributed by atoms with Crippen LogP contribution in [0.1, 0.15) is 59.9 Å². The van der Waals surface area contributed by atoms with E-state index in [4.69, 9.17) is 37.8 Å². The number of methoxy groups -OCH3 is 1. The molecule has 0 unspecified atom stereocenters. The molecule has 2 saturated heterocycles. The third-order valence-electron chi connectivity index (χ3n) is 13.6. The highest BCUT2D eigenvalue weighted by Gasteiger charge is 2.50. The number of fused-ring (bicyclic) bond motifs is 9. The van der Waals surface area contributed by atoms with Crippen molar-refractivity contribution in [3.05, 3.63) is 79.5 Å². The van der Waals surface area contributed by atoms with Gasteiger partial charge in [-0.05, 0) is 58.8 Å². The number of esters is 1. The minimum absolute atomic E-state index is 0.0338. The lowest BCUT2D eigenvalue weighted by Crippen LogP contribution is -2.46. The highest BCUT2D eigenvalue weighted by atomic mass is 16.7. The number of piperidine rings is 1. The van der Waals surface area contributed by atoms with Crippen LogP contribution in [0.2, 0.25) is 0 Å². The van der Waals surface area contributed by atoms with Crippen LogP contribution < -0.4 is 30.9 Å². The van der Waals surface area contributed by atoms with Crippen molar-refractivity contribution in [1.29, 1.82) is 0 Å². The van der Waals surface area contributed by atoms with Crippen LogP contribution in [0.4, 0.5) is 5.69 Å². The molecule has 4 aromatic rings. The van der Waals surface area contributed by atoms with Crippen molar-refractivity contribution in [3.8, 4) is 17.2 Å². The molecule has 4 N–H and O–H groups in total. The Balaban J connectivity index is 1.33. The van der Waals surface area contributed by atoms with Crippen LogP contribution in [0.15, 0.2) is 62.3 Å². The number of amides is 1. The first-order valence-corrected chi connectivity index (χ1v) is 22.3. The van der Waals surface area contributed by atoms with Crippen molar-refractivity contribution in [2.75, 3.05) is 39.2 Å². The van der Waals surface area contributed by atoms with Gasteiger partial charge in [-0.2, -0.15) is 0 Å². The predicted molar refractivity (Wildman–Crippen MR) is 244 cm³/mol. The fourth-order valence-electron chi connectivity index (χ4n) is 9.57. The van der Waals surface area contributed by atoms with Crippen molar-refractivity contribution < 1.29 is 57.7 Å². The highest BCUT2D eigenvalue weighted by Crippen LogP contribution is 2.43. The number of benzene rings is 3. The fourth-order valence-corrected chi connectivity index (χ4v) is 9.57. The van der Waals surface area contributed by atoms with Crippen LogP contribution in [-0.2, 0) is 28.5 Å². The first-order valence-electron chi connectivity index (χ1n) is 22.3. The van der Waals surface area contributed by atoms with E-state index in [0.29, 0.717) is 6.61 Å². The summed E-state index contributed by atoms with van der Waals surface area (Å²) in [5.41, 5.74) is -2.13. The molecule has 1 aromatic heterocycles. The van der Waals surface area contributed by atoms with E-state index in [1.165, 1.54) is 52.4 Å². The zero-order valence-electron chi connectivity index (χ0n) is 38.5. The lowest BCUT2D eigenvalue weighted by Gasteiger charge is -2.33. The summed E-state index contributed by atoms with van der Waals surface area (Å²) in [6.45, 7) is 13.5. The summed E-state index contributed by atoms with van der Waals surface area (Å²) in [6.07, 6.45) is 5.39. The number of phenols is 1. The van der Waals surface area contributed by atoms with E-state index < -0.39 is 82.4 Å². The summed E-state index contributed by atoms with van der Waals surface area (Å²) in [4.78, 5) is 62.2. The monoisotopic (exact) mass is 911 g/mol. The lowest BCUT2D eigenvalue weighted by atomic mass is 9.86. The van der Waals surface area contributed by atoms with Crippen LogP contribution in [0.3, 0.4) is 0 Å². The number of ether oxygens (including phenoxy) is 6. The van der Waals surface area contributed by atoms with Gasteiger partial charge in [-0.25, -0.2) is 4.98 Å². The number of nitrogens with one attached hydrogen (secondary N) is 1. The minimum atomic E-state index is -1.98. The highest BCUT2D eigenvalue weighted by molar-refractivity contribution is 6.16. The Morgan fingerprint density at radius 3 is 2.44 bits per heavy atom. The number of carbonyl (C=O) groups excluding carboxylic acids is 2. The number of anilines is 1. The SMILES string of the molecule is CO[C@H]1/C=C/O[C@@]2(C)Oc3c(C)c(O)c4c(=O)c(c5oc6cc(OCC7CCN(C)CC7)cc(=O)c6nc5c4c3=C2O)NC(=O)/C(C)=C\C=C\[C@H](C)[C@@H]2O[C@H]([C@H](O)[C@@H]2C)[C@H](OC(C)=O)[C@@H]1C. The molecule has 2 fully saturated rings. The van der Waals surface area contributed by atoms with E-state index >= 15 is 0 Å². The number of carbonyl (C=O) groups is 2. The van der Waals surface area contributed by atoms with Crippen molar-refractivity contribution in [2.45, 2.75) is 97.6 Å². The maximum Gasteiger partial charge on any atom is 0.307 e. The number of aromatic hydroxyl groups is 1. The second-order valence-corrected chi connectivity index (χ2v) is 18.3. The molecular weight excluding hydrogens is 855 g/mol. The molecule has 17 heteroatoms. The first-order chi connectivity index (χ1) is 31.3. The molecule has 352 valence electrons. The molecule has 0 aliphatic carbocycles. The minimum Gasteiger partial charge on any atom is -0.507 e. The lowest BCUT2D eigenvalue weighted by molar-refractivity contribution is -0.168. The van der Waals surface area contributed by atoms with Crippen LogP contribution in [0, 0.1) is 30.6 Å². The van der Waals surface area contributed by atoms with E-state index in [-0.39, 0.29) is 78.3 Å². The summed E-state index contributed by atoms with van der Waals surface area (Å²) in [5.74, 6) is -5.17. The van der Waals surface area contributed by atoms with Crippen LogP contribution in [0.25, 0.3) is 38.7 Å². The molecule has 3 aromatic carbocycles. The number of aliphatic hydroxyl groups excluding tert-OH is 2. The Labute approximate surface area is 380 Å². The van der Waals surface area contributed by atoms with Gasteiger partial charge in [0.1, 0.15) is 40.7 Å². The van der Waals surface area contributed by atoms with Gasteiger partial charge in [0, 0.05) is 67.4 Å². The van der Waals surface area contributed by atoms with E-state index in [1.54, 1.807) is 26.0 Å². The fraction of sp³-hybridized carbons (Fsp3) is 0.490. The predicted octanol–water partition coefficient (Wildman–Crippen LogP) is 5.05. The standard InChI is InChI=1S/C49H57N3O14/c1-22-11-10-12-23(2)48(59)51-38-41(57)34-33(37-45(38)64-32-20-29(19-30(54)36(32)50-37)61-21-28-13-16-52(8)17-14-28)35-43(25(4)39(34)55)66-49(7,47(35)58)62-18-15-31(60-9)24(3)44(63-27(6)53)46-40(56)26(5)42(22)65-46/h10-12,15,18-20,22,24,26,28,31,40,42,44,46,55-56,58H,13-14,16-17,21H2,1-9H3,(H,51,59)/b11-10+,18-15+,23-12-/t22-,24+,26-,31-,40+,42-,44+,46+,49-/m0/s1. The molecule has 7 bridgehead atoms. The molecule has 17 nitrogen and oxygen atoms in total. The Kier molecular flexibility index (Phi) is 12.7. The van der Waals surface area contributed by atoms with Gasteiger partial charge in [0.25, 0.3) is 5.91 Å². The summed E-state index contributed by atoms with van der Waals surface area (Å²) in [5, 5.41) is 37.7. The van der Waals surface area contributed by atoms with Crippen molar-refractivity contribution in [2.24, 2.45) is 23.7 Å². The normalized spacial score (nSPS) is 30.6. The maximum atomic E-state index is 14.8. The number of hydrogen-bond acceptors (Lipinski definition) is 16. The first kappa shape index (κ1) is 46.5. The summed E-state index contributed by atoms with van der Waals surface area (Å²) >= 11 is 0. The Morgan fingerprint density at radius 2 is 1.74 bits per heavy atom. The van der Waals surface area contributed by atoms with E-state index in [1.807, 2.05) is 19.9 Å². The van der Waals surface area contributed by atoms with Gasteiger partial charge in [-0.3, -0.25) is 19.2 Å². The molecule has 5 aliphatic heterocycles. The number of likely N-dealkylation sites (tertiary alicyclic amines) is 1. The third kappa shape index (κ3) is 8.26. The van der Waals surface area contributed by atoms with Crippen LogP contribution in [-0.4, -0.2) is 107 Å². The molecule has 9 rings (SSSR count). The van der Waals surface area contributed by atoms with Gasteiger partial charge in [-0.15, -0.1) is 0 Å². The number of aromatic nitrogens is 1. The summed E-state index contributed by atoms with van der Waals surface area (Å²) in [6, 6.07) is 2.81. The quantitative estimate of drug-likeness (QED) is 0.117. The zero-order chi connectivity index (χ0) is 47.5. The van der Waals surface area contributed by atoms with Crippen molar-refractivity contribution in [1.82, 2.24) is 9.88 Å². The largest absolute Gasteiger partial charge is 0.507 e. The van der Waals surface area contributed by atoms with Gasteiger partial charge in [0.05, 0.1) is 41.8 Å². The average molecular weight is 912 g/mol. The van der Waals surface area contributed by atoms with Gasteiger partial charge in [0.2, 0.25) is 10.9 Å². The Morgan fingerprint density at radius 1 is 1.02 bits per heavy atom. The molecule has 0 radical (unpaired) electrons. The molecular formula is C49H57N3O14. The van der Waals surface area contributed by atoms with E-state index in [2.05, 4.69) is 17.3 Å². The van der Waals surface area contributed by atoms with Crippen LogP contribution in [0.5, 0.6) is 17.2 Å². The number of allylic oxidation sites excluding steroid dienone is 2. The molecule has 1 amide bonds. The number of nitrogens with zero attached hydrogens (tertiary/aromatic N) is 2. The van der Waals surface area contributed by atoms with Gasteiger partial charge < -0.3 is 58.4 Å². The molecule has 66 heavy (non-hydrogen) atoms. The topological polar surface area (TPSA) is 226 Å². The average Bonchev–Trinajstić information content (AvgIpc) is 3.72. The summed E-state index contributed by atoms with van der Waals surface area (Å²) < 4.78 is 43.0. The second kappa shape index (κ2) is 18.0. The molecule has 0 spiro atoms. The Hall–Kier alpha value is -6.01. The van der Waals surface area contributed by atoms with Crippen molar-refractivity contribution in [3.63, 3.8) is 0 Å². The molecule has 5 aliphatic rings. The third-order valence-corrected chi connectivity index (χ3v) is 13.6. The Bertz CT molecular complexity index is 2880. The molecule has 6 heterocycles. The maximum absolute atomic E-state index is 14.8. The van der Waals surface area contributed by atoms with Gasteiger partial charge in [0.15, 0.2) is 22.4 Å². The molecule has 0 saturated carbocycles. The van der Waals surface area contributed by atoms with E-state index in [0.717, 1.165) is 25.9 Å². The van der Waals surface area contributed by atoms with E-state index in [9.17, 15) is 34.5 Å².